The summed E-state index contributed by atoms with van der Waals surface area (Å²) in [6, 6.07) is 5.25. The number of hydrogen-bond donors (Lipinski definition) is 1. The van der Waals surface area contributed by atoms with Crippen molar-refractivity contribution in [2.75, 3.05) is 13.1 Å². The molecule has 1 saturated carbocycles. The second-order valence-corrected chi connectivity index (χ2v) is 7.83. The van der Waals surface area contributed by atoms with Gasteiger partial charge in [0.15, 0.2) is 0 Å². The number of halogens is 2. The Hall–Kier alpha value is -1.43. The number of aromatic nitrogens is 2. The molecule has 2 heterocycles. The van der Waals surface area contributed by atoms with Gasteiger partial charge in [-0.15, -0.1) is 0 Å². The lowest BCUT2D eigenvalue weighted by molar-refractivity contribution is 0.182. The van der Waals surface area contributed by atoms with Gasteiger partial charge >= 0.3 is 0 Å². The lowest BCUT2D eigenvalue weighted by Crippen LogP contribution is -2.36. The van der Waals surface area contributed by atoms with E-state index in [4.69, 9.17) is 11.6 Å². The van der Waals surface area contributed by atoms with Crippen molar-refractivity contribution in [1.29, 1.82) is 0 Å². The predicted octanol–water partition coefficient (Wildman–Crippen LogP) is 3.36. The molecule has 0 unspecified atom stereocenters. The van der Waals surface area contributed by atoms with Gasteiger partial charge in [0.05, 0.1) is 6.54 Å². The van der Waals surface area contributed by atoms with E-state index in [0.29, 0.717) is 16.5 Å². The van der Waals surface area contributed by atoms with Crippen LogP contribution in [0.2, 0.25) is 5.02 Å². The second kappa shape index (κ2) is 6.71. The normalized spacial score (nSPS) is 21.8. The Morgan fingerprint density at radius 2 is 2.16 bits per heavy atom. The van der Waals surface area contributed by atoms with Crippen LogP contribution in [0, 0.1) is 11.2 Å². The van der Waals surface area contributed by atoms with Gasteiger partial charge in [0.1, 0.15) is 11.6 Å². The highest BCUT2D eigenvalue weighted by Crippen LogP contribution is 2.56. The smallest absolute Gasteiger partial charge is 0.124 e. The molecule has 134 valence electrons. The molecule has 4 nitrogen and oxygen atoms in total. The number of nitrogens with one attached hydrogen (secondary N) is 1. The SMILES string of the molecule is Cn1ccnc1CN(Cc1ccc(F)cc1Cl)[C@H]1CC12CCNCC2. The Morgan fingerprint density at radius 3 is 2.84 bits per heavy atom. The van der Waals surface area contributed by atoms with E-state index in [1.165, 1.54) is 31.4 Å². The Labute approximate surface area is 153 Å². The molecule has 0 radical (unpaired) electrons. The third-order valence-electron chi connectivity index (χ3n) is 5.84. The van der Waals surface area contributed by atoms with Crippen LogP contribution in [0.15, 0.2) is 30.6 Å². The largest absolute Gasteiger partial charge is 0.337 e. The van der Waals surface area contributed by atoms with Crippen LogP contribution in [0.1, 0.15) is 30.7 Å². The summed E-state index contributed by atoms with van der Waals surface area (Å²) in [5.74, 6) is 0.764. The zero-order valence-electron chi connectivity index (χ0n) is 14.5. The molecule has 25 heavy (non-hydrogen) atoms. The minimum Gasteiger partial charge on any atom is -0.337 e. The summed E-state index contributed by atoms with van der Waals surface area (Å²) in [6.07, 6.45) is 7.51. The minimum absolute atomic E-state index is 0.286. The zero-order valence-corrected chi connectivity index (χ0v) is 15.3. The number of rotatable bonds is 5. The lowest BCUT2D eigenvalue weighted by Gasteiger charge is -2.29. The maximum Gasteiger partial charge on any atom is 0.124 e. The minimum atomic E-state index is -0.286. The van der Waals surface area contributed by atoms with Crippen molar-refractivity contribution in [2.45, 2.75) is 38.4 Å². The summed E-state index contributed by atoms with van der Waals surface area (Å²) in [5.41, 5.74) is 1.41. The molecule has 2 aliphatic rings. The van der Waals surface area contributed by atoms with Crippen LogP contribution in [0.5, 0.6) is 0 Å². The Bertz CT molecular complexity index is 754. The summed E-state index contributed by atoms with van der Waals surface area (Å²) < 4.78 is 15.4. The molecule has 1 aliphatic carbocycles. The van der Waals surface area contributed by atoms with Crippen LogP contribution in [-0.4, -0.2) is 33.6 Å². The van der Waals surface area contributed by atoms with Gasteiger partial charge in [-0.1, -0.05) is 17.7 Å². The highest BCUT2D eigenvalue weighted by atomic mass is 35.5. The van der Waals surface area contributed by atoms with Crippen LogP contribution in [0.3, 0.4) is 0 Å². The second-order valence-electron chi connectivity index (χ2n) is 7.43. The van der Waals surface area contributed by atoms with E-state index in [9.17, 15) is 4.39 Å². The van der Waals surface area contributed by atoms with Crippen LogP contribution in [0.25, 0.3) is 0 Å². The van der Waals surface area contributed by atoms with Crippen molar-refractivity contribution in [3.05, 3.63) is 52.8 Å². The highest BCUT2D eigenvalue weighted by molar-refractivity contribution is 6.31. The Kier molecular flexibility index (Phi) is 4.56. The van der Waals surface area contributed by atoms with Gasteiger partial charge in [0.25, 0.3) is 0 Å². The molecule has 1 atom stereocenters. The molecule has 1 saturated heterocycles. The van der Waals surface area contributed by atoms with E-state index in [1.807, 2.05) is 19.4 Å². The van der Waals surface area contributed by atoms with Crippen LogP contribution >= 0.6 is 11.6 Å². The molecule has 1 aromatic heterocycles. The van der Waals surface area contributed by atoms with Gasteiger partial charge < -0.3 is 9.88 Å². The molecule has 2 fully saturated rings. The number of piperidine rings is 1. The van der Waals surface area contributed by atoms with Gasteiger partial charge in [0, 0.05) is 37.1 Å². The van der Waals surface area contributed by atoms with Gasteiger partial charge in [-0.25, -0.2) is 9.37 Å². The van der Waals surface area contributed by atoms with Crippen molar-refractivity contribution in [1.82, 2.24) is 19.8 Å². The number of aryl methyl sites for hydroxylation is 1. The molecule has 0 bridgehead atoms. The highest BCUT2D eigenvalue weighted by Gasteiger charge is 2.56. The Balaban J connectivity index is 1.56. The number of benzene rings is 1. The van der Waals surface area contributed by atoms with Gasteiger partial charge in [0.2, 0.25) is 0 Å². The molecule has 2 aromatic rings. The molecule has 6 heteroatoms. The monoisotopic (exact) mass is 362 g/mol. The standard InChI is InChI=1S/C19H24ClFN4/c1-24-9-8-23-18(24)13-25(12-14-2-3-15(21)10-16(14)20)17-11-19(17)4-6-22-7-5-19/h2-3,8-10,17,22H,4-7,11-13H2,1H3/t17-/m0/s1. The van der Waals surface area contributed by atoms with Crippen molar-refractivity contribution in [3.8, 4) is 0 Å². The predicted molar refractivity (Wildman–Crippen MR) is 96.8 cm³/mol. The summed E-state index contributed by atoms with van der Waals surface area (Å²) >= 11 is 6.29. The van der Waals surface area contributed by atoms with Crippen LogP contribution in [-0.2, 0) is 20.1 Å². The summed E-state index contributed by atoms with van der Waals surface area (Å²) in [5, 5.41) is 3.97. The average molecular weight is 363 g/mol. The number of nitrogens with zero attached hydrogens (tertiary/aromatic N) is 3. The van der Waals surface area contributed by atoms with Crippen LogP contribution in [0.4, 0.5) is 4.39 Å². The Morgan fingerprint density at radius 1 is 1.36 bits per heavy atom. The van der Waals surface area contributed by atoms with E-state index in [0.717, 1.165) is 37.6 Å². The van der Waals surface area contributed by atoms with E-state index in [-0.39, 0.29) is 5.82 Å². The molecule has 1 N–H and O–H groups in total. The average Bonchev–Trinajstić information content (AvgIpc) is 3.12. The van der Waals surface area contributed by atoms with Crippen molar-refractivity contribution >= 4 is 11.6 Å². The molecule has 1 aromatic carbocycles. The quantitative estimate of drug-likeness (QED) is 0.885. The molecule has 1 aliphatic heterocycles. The van der Waals surface area contributed by atoms with Gasteiger partial charge in [-0.2, -0.15) is 0 Å². The number of hydrogen-bond acceptors (Lipinski definition) is 3. The molecule has 1 spiro atoms. The summed E-state index contributed by atoms with van der Waals surface area (Å²) in [4.78, 5) is 6.97. The molecular weight excluding hydrogens is 339 g/mol. The molecule has 0 amide bonds. The maximum atomic E-state index is 13.4. The zero-order chi connectivity index (χ0) is 17.4. The first-order valence-corrected chi connectivity index (χ1v) is 9.30. The molecule has 4 rings (SSSR count). The van der Waals surface area contributed by atoms with E-state index < -0.39 is 0 Å². The van der Waals surface area contributed by atoms with Crippen LogP contribution < -0.4 is 5.32 Å². The van der Waals surface area contributed by atoms with Crippen molar-refractivity contribution in [3.63, 3.8) is 0 Å². The maximum absolute atomic E-state index is 13.4. The lowest BCUT2D eigenvalue weighted by atomic mass is 9.93. The van der Waals surface area contributed by atoms with Crippen molar-refractivity contribution in [2.24, 2.45) is 12.5 Å². The molecular formula is C19H24ClFN4. The fourth-order valence-electron chi connectivity index (χ4n) is 4.18. The third kappa shape index (κ3) is 3.46. The first kappa shape index (κ1) is 17.0. The fraction of sp³-hybridized carbons (Fsp3) is 0.526. The topological polar surface area (TPSA) is 33.1 Å². The third-order valence-corrected chi connectivity index (χ3v) is 6.19. The van der Waals surface area contributed by atoms with Gasteiger partial charge in [-0.05, 0) is 55.5 Å². The van der Waals surface area contributed by atoms with E-state index in [1.54, 1.807) is 6.07 Å². The fourth-order valence-corrected chi connectivity index (χ4v) is 4.41. The van der Waals surface area contributed by atoms with E-state index in [2.05, 4.69) is 19.8 Å². The summed E-state index contributed by atoms with van der Waals surface area (Å²) in [7, 11) is 2.03. The first-order valence-electron chi connectivity index (χ1n) is 8.92. The van der Waals surface area contributed by atoms with Gasteiger partial charge in [-0.3, -0.25) is 4.90 Å². The summed E-state index contributed by atoms with van der Waals surface area (Å²) in [6.45, 7) is 3.72. The first-order chi connectivity index (χ1) is 12.1. The number of imidazole rings is 1. The van der Waals surface area contributed by atoms with Crippen molar-refractivity contribution < 1.29 is 4.39 Å². The van der Waals surface area contributed by atoms with E-state index >= 15 is 0 Å².